The molecule has 0 radical (unpaired) electrons. The number of rotatable bonds is 5. The van der Waals surface area contributed by atoms with Gasteiger partial charge >= 0.3 is 0 Å². The first kappa shape index (κ1) is 21.0. The van der Waals surface area contributed by atoms with Gasteiger partial charge in [0.05, 0.1) is 23.1 Å². The van der Waals surface area contributed by atoms with Gasteiger partial charge in [-0.2, -0.15) is 0 Å². The van der Waals surface area contributed by atoms with Gasteiger partial charge in [-0.1, -0.05) is 11.6 Å². The Labute approximate surface area is 179 Å². The number of halogens is 1. The van der Waals surface area contributed by atoms with Crippen LogP contribution in [0.25, 0.3) is 0 Å². The van der Waals surface area contributed by atoms with Crippen molar-refractivity contribution in [1.82, 2.24) is 14.9 Å². The van der Waals surface area contributed by atoms with Crippen molar-refractivity contribution in [3.8, 4) is 0 Å². The van der Waals surface area contributed by atoms with Crippen LogP contribution in [-0.2, 0) is 16.9 Å². The molecule has 4 rings (SSSR count). The minimum absolute atomic E-state index is 0.00387. The summed E-state index contributed by atoms with van der Waals surface area (Å²) in [5.74, 6) is 0.515. The molecule has 2 aromatic heterocycles. The van der Waals surface area contributed by atoms with Crippen LogP contribution >= 0.6 is 22.9 Å². The average molecular weight is 439 g/mol. The molecule has 29 heavy (non-hydrogen) atoms. The fourth-order valence-electron chi connectivity index (χ4n) is 3.92. The summed E-state index contributed by atoms with van der Waals surface area (Å²) in [4.78, 5) is 12.2. The van der Waals surface area contributed by atoms with Crippen LogP contribution in [0.5, 0.6) is 0 Å². The second-order valence-corrected chi connectivity index (χ2v) is 10.2. The van der Waals surface area contributed by atoms with Gasteiger partial charge in [-0.25, -0.2) is 9.97 Å². The van der Waals surface area contributed by atoms with E-state index in [-0.39, 0.29) is 12.2 Å². The molecule has 0 amide bonds. The number of aromatic nitrogens is 2. The topological polar surface area (TPSA) is 90.7 Å². The number of nitrogens with one attached hydrogen (secondary N) is 1. The minimum atomic E-state index is -0.586. The van der Waals surface area contributed by atoms with Crippen LogP contribution < -0.4 is 5.32 Å². The van der Waals surface area contributed by atoms with Crippen molar-refractivity contribution in [3.05, 3.63) is 38.8 Å². The van der Waals surface area contributed by atoms with E-state index < -0.39 is 11.6 Å². The van der Waals surface area contributed by atoms with Gasteiger partial charge < -0.3 is 20.3 Å². The van der Waals surface area contributed by atoms with Crippen molar-refractivity contribution in [2.75, 3.05) is 31.6 Å². The number of piperidine rings is 1. The number of ether oxygens (including phenoxy) is 1. The molecule has 3 N–H and O–H groups in total. The van der Waals surface area contributed by atoms with Crippen molar-refractivity contribution < 1.29 is 14.9 Å². The first-order valence-corrected chi connectivity index (χ1v) is 11.0. The normalized spacial score (nSPS) is 21.9. The van der Waals surface area contributed by atoms with Crippen molar-refractivity contribution in [2.24, 2.45) is 0 Å². The van der Waals surface area contributed by atoms with E-state index in [9.17, 15) is 10.2 Å². The number of thiophene rings is 1. The molecule has 9 heteroatoms. The molecule has 1 saturated heterocycles. The Balaban J connectivity index is 1.38. The molecule has 158 valence electrons. The molecule has 4 heterocycles. The summed E-state index contributed by atoms with van der Waals surface area (Å²) in [6, 6.07) is 1.88. The van der Waals surface area contributed by atoms with Gasteiger partial charge in [-0.3, -0.25) is 4.90 Å². The maximum atomic E-state index is 10.2. The summed E-state index contributed by atoms with van der Waals surface area (Å²) in [7, 11) is 0. The van der Waals surface area contributed by atoms with E-state index in [1.54, 1.807) is 0 Å². The molecule has 0 saturated carbocycles. The third-order valence-corrected chi connectivity index (χ3v) is 7.11. The largest absolute Gasteiger partial charge is 0.394 e. The predicted molar refractivity (Wildman–Crippen MR) is 113 cm³/mol. The fraction of sp³-hybridized carbons (Fsp3) is 0.600. The first-order valence-electron chi connectivity index (χ1n) is 9.84. The van der Waals surface area contributed by atoms with Crippen LogP contribution in [0, 0.1) is 0 Å². The van der Waals surface area contributed by atoms with Gasteiger partial charge in [0, 0.05) is 48.0 Å². The summed E-state index contributed by atoms with van der Waals surface area (Å²) in [6.45, 7) is 6.68. The highest BCUT2D eigenvalue weighted by atomic mass is 35.5. The zero-order chi connectivity index (χ0) is 20.6. The molecule has 0 bridgehead atoms. The zero-order valence-electron chi connectivity index (χ0n) is 16.7. The molecule has 1 spiro atoms. The lowest BCUT2D eigenvalue weighted by Crippen LogP contribution is -2.46. The van der Waals surface area contributed by atoms with Gasteiger partial charge in [0.15, 0.2) is 0 Å². The summed E-state index contributed by atoms with van der Waals surface area (Å²) in [5, 5.41) is 22.7. The molecule has 0 aliphatic carbocycles. The summed E-state index contributed by atoms with van der Waals surface area (Å²) in [6.07, 6.45) is 4.82. The first-order chi connectivity index (χ1) is 13.8. The molecule has 7 nitrogen and oxygen atoms in total. The smallest absolute Gasteiger partial charge is 0.223 e. The lowest BCUT2D eigenvalue weighted by molar-refractivity contribution is -0.129. The Morgan fingerprint density at radius 3 is 2.69 bits per heavy atom. The molecule has 2 aromatic rings. The van der Waals surface area contributed by atoms with Crippen LogP contribution in [0.3, 0.4) is 0 Å². The standard InChI is InChI=1S/C20H27ClN4O3S/c1-19(2,12-26)24-18-22-8-13(9-23-18)10-25-5-3-20(4-6-25)17-14(7-16(21)29-17)15(27)11-28-20/h7-9,15,26-27H,3-6,10-12H2,1-2H3,(H,22,23,24)/t15-/m1/s1. The second kappa shape index (κ2) is 8.09. The van der Waals surface area contributed by atoms with Crippen molar-refractivity contribution in [1.29, 1.82) is 0 Å². The van der Waals surface area contributed by atoms with E-state index in [1.807, 2.05) is 32.3 Å². The van der Waals surface area contributed by atoms with E-state index in [1.165, 1.54) is 11.3 Å². The molecule has 1 atom stereocenters. The number of aliphatic hydroxyl groups excluding tert-OH is 2. The number of likely N-dealkylation sites (tertiary alicyclic amines) is 1. The number of nitrogens with zero attached hydrogens (tertiary/aromatic N) is 3. The molecular formula is C20H27ClN4O3S. The Morgan fingerprint density at radius 1 is 1.34 bits per heavy atom. The highest BCUT2D eigenvalue weighted by molar-refractivity contribution is 7.16. The van der Waals surface area contributed by atoms with Crippen molar-refractivity contribution in [2.45, 2.75) is 50.5 Å². The van der Waals surface area contributed by atoms with Gasteiger partial charge in [-0.15, -0.1) is 11.3 Å². The summed E-state index contributed by atoms with van der Waals surface area (Å²) < 4.78 is 6.86. The van der Waals surface area contributed by atoms with Gasteiger partial charge in [-0.05, 0) is 32.8 Å². The fourth-order valence-corrected chi connectivity index (χ4v) is 5.41. The number of anilines is 1. The monoisotopic (exact) mass is 438 g/mol. The molecular weight excluding hydrogens is 412 g/mol. The molecule has 0 unspecified atom stereocenters. The Hall–Kier alpha value is -1.29. The Kier molecular flexibility index (Phi) is 5.85. The second-order valence-electron chi connectivity index (χ2n) is 8.51. The third-order valence-electron chi connectivity index (χ3n) is 5.64. The highest BCUT2D eigenvalue weighted by Gasteiger charge is 2.44. The van der Waals surface area contributed by atoms with Crippen LogP contribution in [-0.4, -0.2) is 56.9 Å². The highest BCUT2D eigenvalue weighted by Crippen LogP contribution is 2.49. The number of hydrogen-bond acceptors (Lipinski definition) is 8. The van der Waals surface area contributed by atoms with E-state index in [2.05, 4.69) is 20.2 Å². The zero-order valence-corrected chi connectivity index (χ0v) is 18.3. The molecule has 2 aliphatic rings. The van der Waals surface area contributed by atoms with Crippen molar-refractivity contribution >= 4 is 28.9 Å². The minimum Gasteiger partial charge on any atom is -0.394 e. The van der Waals surface area contributed by atoms with Crippen LogP contribution in [0.2, 0.25) is 4.34 Å². The van der Waals surface area contributed by atoms with Gasteiger partial charge in [0.2, 0.25) is 5.95 Å². The molecule has 1 fully saturated rings. The lowest BCUT2D eigenvalue weighted by atomic mass is 9.84. The predicted octanol–water partition coefficient (Wildman–Crippen LogP) is 2.93. The van der Waals surface area contributed by atoms with Crippen LogP contribution in [0.4, 0.5) is 5.95 Å². The molecule has 2 aliphatic heterocycles. The number of hydrogen-bond donors (Lipinski definition) is 3. The maximum absolute atomic E-state index is 10.2. The SMILES string of the molecule is CC(C)(CO)Nc1ncc(CN2CCC3(CC2)OC[C@@H](O)c2cc(Cl)sc23)cn1. The number of aliphatic hydroxyl groups is 2. The average Bonchev–Trinajstić information content (AvgIpc) is 3.11. The Bertz CT molecular complexity index is 850. The van der Waals surface area contributed by atoms with Crippen LogP contribution in [0.15, 0.2) is 18.5 Å². The summed E-state index contributed by atoms with van der Waals surface area (Å²) in [5.41, 5.74) is 1.19. The number of fused-ring (bicyclic) bond motifs is 2. The Morgan fingerprint density at radius 2 is 2.03 bits per heavy atom. The van der Waals surface area contributed by atoms with Gasteiger partial charge in [0.25, 0.3) is 0 Å². The third kappa shape index (κ3) is 4.42. The van der Waals surface area contributed by atoms with E-state index in [0.29, 0.717) is 16.9 Å². The van der Waals surface area contributed by atoms with E-state index in [4.69, 9.17) is 16.3 Å². The van der Waals surface area contributed by atoms with Crippen LogP contribution in [0.1, 0.15) is 48.8 Å². The van der Waals surface area contributed by atoms with Gasteiger partial charge in [0.1, 0.15) is 11.7 Å². The van der Waals surface area contributed by atoms with E-state index in [0.717, 1.165) is 48.5 Å². The molecule has 0 aromatic carbocycles. The van der Waals surface area contributed by atoms with Crippen molar-refractivity contribution in [3.63, 3.8) is 0 Å². The lowest BCUT2D eigenvalue weighted by Gasteiger charge is -2.44. The maximum Gasteiger partial charge on any atom is 0.223 e. The summed E-state index contributed by atoms with van der Waals surface area (Å²) >= 11 is 7.75. The van der Waals surface area contributed by atoms with E-state index >= 15 is 0 Å². The quantitative estimate of drug-likeness (QED) is 0.661.